The van der Waals surface area contributed by atoms with Crippen LogP contribution in [0.3, 0.4) is 0 Å². The van der Waals surface area contributed by atoms with Gasteiger partial charge in [-0.25, -0.2) is 28.3 Å². The van der Waals surface area contributed by atoms with E-state index in [0.29, 0.717) is 10.8 Å². The van der Waals surface area contributed by atoms with Crippen LogP contribution in [0.4, 0.5) is 19.2 Å². The fourth-order valence-electron chi connectivity index (χ4n) is 4.56. The normalized spacial score (nSPS) is 11.5. The lowest BCUT2D eigenvalue weighted by atomic mass is 10.0. The van der Waals surface area contributed by atoms with Crippen molar-refractivity contribution in [3.05, 3.63) is 73.8 Å². The molecule has 0 amide bonds. The van der Waals surface area contributed by atoms with Gasteiger partial charge in [-0.2, -0.15) is 0 Å². The highest BCUT2D eigenvalue weighted by Gasteiger charge is 2.36. The number of para-hydroxylation sites is 2. The molecule has 46 heavy (non-hydrogen) atoms. The number of aromatic nitrogens is 2. The Hall–Kier alpha value is -5.52. The zero-order chi connectivity index (χ0) is 33.8. The van der Waals surface area contributed by atoms with Crippen molar-refractivity contribution in [1.82, 2.24) is 9.13 Å². The highest BCUT2D eigenvalue weighted by atomic mass is 16.7. The number of hydrogen-bond donors (Lipinski definition) is 0. The van der Waals surface area contributed by atoms with Crippen LogP contribution in [0, 0.1) is 0 Å². The summed E-state index contributed by atoms with van der Waals surface area (Å²) in [7, 11) is 0. The van der Waals surface area contributed by atoms with Gasteiger partial charge in [0.05, 0.1) is 22.2 Å². The molecular formula is C34H36N2O10. The number of hydrogen-bond acceptors (Lipinski definition) is 10. The minimum absolute atomic E-state index is 0.113. The van der Waals surface area contributed by atoms with E-state index < -0.39 is 35.7 Å². The van der Waals surface area contributed by atoms with Crippen molar-refractivity contribution in [3.63, 3.8) is 0 Å². The summed E-state index contributed by atoms with van der Waals surface area (Å²) in [5, 5.41) is 0.771. The zero-order valence-electron chi connectivity index (χ0n) is 26.6. The van der Waals surface area contributed by atoms with Crippen LogP contribution >= 0.6 is 0 Å². The van der Waals surface area contributed by atoms with E-state index in [4.69, 9.17) is 28.4 Å². The molecule has 4 aromatic rings. The molecule has 0 N–H and O–H groups in total. The monoisotopic (exact) mass is 632 g/mol. The van der Waals surface area contributed by atoms with Crippen LogP contribution in [-0.2, 0) is 18.9 Å². The van der Waals surface area contributed by atoms with E-state index in [1.807, 2.05) is 0 Å². The highest BCUT2D eigenvalue weighted by Crippen LogP contribution is 2.49. The first-order chi connectivity index (χ1) is 21.7. The molecule has 0 aliphatic carbocycles. The van der Waals surface area contributed by atoms with Crippen LogP contribution in [0.15, 0.2) is 73.8 Å². The fourth-order valence-corrected chi connectivity index (χ4v) is 4.56. The van der Waals surface area contributed by atoms with Crippen molar-refractivity contribution in [1.29, 1.82) is 0 Å². The Morgan fingerprint density at radius 3 is 1.30 bits per heavy atom. The second-order valence-corrected chi connectivity index (χ2v) is 11.9. The Labute approximate surface area is 265 Å². The maximum atomic E-state index is 13.7. The van der Waals surface area contributed by atoms with E-state index in [1.165, 1.54) is 12.2 Å². The maximum Gasteiger partial charge on any atom is 0.515 e. The van der Waals surface area contributed by atoms with Gasteiger partial charge in [0.2, 0.25) is 11.8 Å². The quantitative estimate of drug-likeness (QED) is 0.111. The van der Waals surface area contributed by atoms with Gasteiger partial charge < -0.3 is 28.4 Å². The van der Waals surface area contributed by atoms with Crippen molar-refractivity contribution in [2.24, 2.45) is 0 Å². The molecule has 2 aromatic heterocycles. The van der Waals surface area contributed by atoms with Gasteiger partial charge in [-0.15, -0.1) is 0 Å². The van der Waals surface area contributed by atoms with Gasteiger partial charge in [0.15, 0.2) is 0 Å². The third-order valence-electron chi connectivity index (χ3n) is 6.06. The van der Waals surface area contributed by atoms with Gasteiger partial charge >= 0.3 is 24.5 Å². The third kappa shape index (κ3) is 7.23. The summed E-state index contributed by atoms with van der Waals surface area (Å²) in [5.41, 5.74) is -1.07. The Morgan fingerprint density at radius 2 is 0.978 bits per heavy atom. The topological polar surface area (TPSA) is 134 Å². The molecule has 4 rings (SSSR count). The van der Waals surface area contributed by atoms with Crippen molar-refractivity contribution >= 4 is 46.3 Å². The van der Waals surface area contributed by atoms with Crippen molar-refractivity contribution in [3.8, 4) is 22.9 Å². The number of carbonyl (C=O) groups excluding carboxylic acids is 4. The maximum absolute atomic E-state index is 13.7. The molecule has 0 radical (unpaired) electrons. The Kier molecular flexibility index (Phi) is 9.60. The summed E-state index contributed by atoms with van der Waals surface area (Å²) in [5.74, 6) is -0.637. The van der Waals surface area contributed by atoms with Crippen LogP contribution in [0.5, 0.6) is 11.8 Å². The van der Waals surface area contributed by atoms with Crippen molar-refractivity contribution in [2.45, 2.75) is 52.7 Å². The van der Waals surface area contributed by atoms with E-state index in [2.05, 4.69) is 13.2 Å². The molecule has 0 unspecified atom stereocenters. The Morgan fingerprint density at radius 1 is 0.630 bits per heavy atom. The van der Waals surface area contributed by atoms with E-state index >= 15 is 0 Å². The number of nitrogens with zero attached hydrogens (tertiary/aromatic N) is 2. The van der Waals surface area contributed by atoms with Gasteiger partial charge in [-0.1, -0.05) is 61.7 Å². The minimum Gasteiger partial charge on any atom is -0.443 e. The molecule has 242 valence electrons. The van der Waals surface area contributed by atoms with E-state index in [0.717, 1.165) is 9.13 Å². The predicted octanol–water partition coefficient (Wildman–Crippen LogP) is 8.23. The summed E-state index contributed by atoms with van der Waals surface area (Å²) in [6, 6.07) is 13.4. The van der Waals surface area contributed by atoms with Crippen LogP contribution in [-0.4, -0.2) is 58.0 Å². The zero-order valence-corrected chi connectivity index (χ0v) is 26.6. The van der Waals surface area contributed by atoms with Crippen molar-refractivity contribution in [2.75, 3.05) is 13.2 Å². The molecule has 2 aromatic carbocycles. The molecule has 0 saturated carbocycles. The van der Waals surface area contributed by atoms with Gasteiger partial charge in [0.25, 0.3) is 0 Å². The number of fused-ring (bicyclic) bond motifs is 2. The van der Waals surface area contributed by atoms with Crippen LogP contribution in [0.2, 0.25) is 0 Å². The molecule has 0 fully saturated rings. The van der Waals surface area contributed by atoms with Gasteiger partial charge in [-0.05, 0) is 53.7 Å². The predicted molar refractivity (Wildman–Crippen MR) is 170 cm³/mol. The highest BCUT2D eigenvalue weighted by molar-refractivity contribution is 6.14. The smallest absolute Gasteiger partial charge is 0.443 e. The van der Waals surface area contributed by atoms with E-state index in [-0.39, 0.29) is 47.1 Å². The average Bonchev–Trinajstić information content (AvgIpc) is 3.44. The second kappa shape index (κ2) is 13.2. The first kappa shape index (κ1) is 33.4. The van der Waals surface area contributed by atoms with Gasteiger partial charge in [0.1, 0.15) is 24.4 Å². The first-order valence-corrected chi connectivity index (χ1v) is 14.3. The summed E-state index contributed by atoms with van der Waals surface area (Å²) >= 11 is 0. The van der Waals surface area contributed by atoms with E-state index in [9.17, 15) is 19.2 Å². The van der Waals surface area contributed by atoms with Crippen molar-refractivity contribution < 1.29 is 47.6 Å². The SMILES string of the molecule is C=CCOC(=O)Oc1c(-c2c(OC(=O)OCC=C)n(C(=O)OC(C)(C)C)c3ccccc23)c2ccccc2n1C(=O)OC(C)(C)C. The average molecular weight is 633 g/mol. The first-order valence-electron chi connectivity index (χ1n) is 14.3. The lowest BCUT2D eigenvalue weighted by molar-refractivity contribution is 0.0509. The Bertz CT molecular complexity index is 1700. The summed E-state index contributed by atoms with van der Waals surface area (Å²) in [6.07, 6.45) is -1.35. The number of benzene rings is 2. The number of ether oxygens (including phenoxy) is 6. The lowest BCUT2D eigenvalue weighted by Gasteiger charge is -2.21. The molecule has 0 atom stereocenters. The molecule has 0 spiro atoms. The second-order valence-electron chi connectivity index (χ2n) is 11.9. The summed E-state index contributed by atoms with van der Waals surface area (Å²) < 4.78 is 35.2. The molecule has 0 bridgehead atoms. The molecular weight excluding hydrogens is 596 g/mol. The molecule has 0 aliphatic heterocycles. The minimum atomic E-state index is -1.16. The largest absolute Gasteiger partial charge is 0.515 e. The fraction of sp³-hybridized carbons (Fsp3) is 0.294. The standard InChI is InChI=1S/C34H36N2O10/c1-9-19-41-31(39)43-27-25(21-15-11-13-17-23(21)35(27)29(37)45-33(3,4)5)26-22-16-12-14-18-24(22)36(30(38)46-34(6,7)8)28(26)44-32(40)42-20-10-2/h9-18H,1-2,19-20H2,3-8H3. The number of carbonyl (C=O) groups is 4. The molecule has 0 saturated heterocycles. The third-order valence-corrected chi connectivity index (χ3v) is 6.06. The summed E-state index contributed by atoms with van der Waals surface area (Å²) in [4.78, 5) is 53.4. The van der Waals surface area contributed by atoms with E-state index in [1.54, 1.807) is 90.1 Å². The van der Waals surface area contributed by atoms with Gasteiger partial charge in [-0.3, -0.25) is 0 Å². The van der Waals surface area contributed by atoms with Crippen LogP contribution < -0.4 is 9.47 Å². The van der Waals surface area contributed by atoms with Crippen LogP contribution in [0.25, 0.3) is 32.9 Å². The van der Waals surface area contributed by atoms with Crippen LogP contribution in [0.1, 0.15) is 41.5 Å². The number of rotatable bonds is 7. The molecule has 12 heteroatoms. The Balaban J connectivity index is 2.16. The molecule has 2 heterocycles. The van der Waals surface area contributed by atoms with Gasteiger partial charge in [0, 0.05) is 10.8 Å². The molecule has 0 aliphatic rings. The lowest BCUT2D eigenvalue weighted by Crippen LogP contribution is -2.28. The summed E-state index contributed by atoms with van der Waals surface area (Å²) in [6.45, 7) is 16.8. The molecule has 12 nitrogen and oxygen atoms in total.